The van der Waals surface area contributed by atoms with Crippen LogP contribution in [-0.4, -0.2) is 12.5 Å². The van der Waals surface area contributed by atoms with Gasteiger partial charge in [-0.15, -0.1) is 0 Å². The molecular formula is C12H24N2O. The smallest absolute Gasteiger partial charge is 0.266 e. The number of nitrogens with one attached hydrogen (secondary N) is 1. The number of amides is 1. The van der Waals surface area contributed by atoms with E-state index >= 15 is 0 Å². The molecule has 0 heterocycles. The lowest BCUT2D eigenvalue weighted by Crippen LogP contribution is -2.31. The molecular weight excluding hydrogens is 188 g/mol. The summed E-state index contributed by atoms with van der Waals surface area (Å²) in [5.41, 5.74) is 5.63. The first-order valence-electron chi connectivity index (χ1n) is 5.61. The number of carbonyl (C=O) groups excluding carboxylic acids is 1. The van der Waals surface area contributed by atoms with Gasteiger partial charge in [0.15, 0.2) is 0 Å². The van der Waals surface area contributed by atoms with Gasteiger partial charge in [0.2, 0.25) is 0 Å². The molecule has 0 atom stereocenters. The highest BCUT2D eigenvalue weighted by molar-refractivity contribution is 5.91. The van der Waals surface area contributed by atoms with Crippen LogP contribution in [0.3, 0.4) is 0 Å². The van der Waals surface area contributed by atoms with Gasteiger partial charge < -0.3 is 11.1 Å². The lowest BCUT2D eigenvalue weighted by atomic mass is 9.84. The molecule has 0 spiro atoms. The minimum atomic E-state index is -0.249. The van der Waals surface area contributed by atoms with E-state index in [1.54, 1.807) is 0 Å². The highest BCUT2D eigenvalue weighted by atomic mass is 16.1. The Labute approximate surface area is 93.1 Å². The average molecular weight is 212 g/mol. The minimum Gasteiger partial charge on any atom is -0.395 e. The third-order valence-electron chi connectivity index (χ3n) is 2.59. The molecule has 0 aromatic heterocycles. The number of rotatable bonds is 7. The standard InChI is InChI=1S/C12H24N2O/c1-5-6-7-12(3,4)8-9-14-11(15)10(2)13/h2,5-9,13H2,1,3-4H3,(H,14,15). The highest BCUT2D eigenvalue weighted by Gasteiger charge is 2.16. The predicted octanol–water partition coefficient (Wildman–Crippen LogP) is 2.18. The van der Waals surface area contributed by atoms with Gasteiger partial charge in [0.05, 0.1) is 5.70 Å². The number of hydrogen-bond acceptors (Lipinski definition) is 2. The molecule has 0 aliphatic rings. The Hall–Kier alpha value is -0.990. The fourth-order valence-electron chi connectivity index (χ4n) is 1.41. The molecule has 3 nitrogen and oxygen atoms in total. The van der Waals surface area contributed by atoms with Gasteiger partial charge in [-0.1, -0.05) is 40.2 Å². The maximum absolute atomic E-state index is 11.1. The van der Waals surface area contributed by atoms with Gasteiger partial charge in [-0.2, -0.15) is 0 Å². The van der Waals surface area contributed by atoms with E-state index < -0.39 is 0 Å². The average Bonchev–Trinajstić information content (AvgIpc) is 2.14. The van der Waals surface area contributed by atoms with E-state index in [4.69, 9.17) is 5.73 Å². The van der Waals surface area contributed by atoms with Crippen LogP contribution >= 0.6 is 0 Å². The summed E-state index contributed by atoms with van der Waals surface area (Å²) in [6.07, 6.45) is 4.63. The van der Waals surface area contributed by atoms with Gasteiger partial charge in [0.25, 0.3) is 5.91 Å². The van der Waals surface area contributed by atoms with E-state index in [2.05, 4.69) is 32.7 Å². The van der Waals surface area contributed by atoms with Gasteiger partial charge >= 0.3 is 0 Å². The van der Waals surface area contributed by atoms with Crippen LogP contribution in [0.2, 0.25) is 0 Å². The summed E-state index contributed by atoms with van der Waals surface area (Å²) >= 11 is 0. The van der Waals surface area contributed by atoms with E-state index in [0.717, 1.165) is 6.42 Å². The fourth-order valence-corrected chi connectivity index (χ4v) is 1.41. The van der Waals surface area contributed by atoms with E-state index in [9.17, 15) is 4.79 Å². The van der Waals surface area contributed by atoms with Crippen molar-refractivity contribution in [2.45, 2.75) is 46.5 Å². The summed E-state index contributed by atoms with van der Waals surface area (Å²) in [6, 6.07) is 0. The first kappa shape index (κ1) is 14.0. The Morgan fingerprint density at radius 3 is 2.47 bits per heavy atom. The number of carbonyl (C=O) groups is 1. The molecule has 0 aliphatic heterocycles. The molecule has 0 fully saturated rings. The molecule has 3 N–H and O–H groups in total. The molecule has 88 valence electrons. The largest absolute Gasteiger partial charge is 0.395 e. The second kappa shape index (κ2) is 6.49. The second-order valence-corrected chi connectivity index (χ2v) is 4.80. The molecule has 0 radical (unpaired) electrons. The molecule has 0 aromatic rings. The van der Waals surface area contributed by atoms with Crippen LogP contribution in [0.15, 0.2) is 12.3 Å². The van der Waals surface area contributed by atoms with Crippen molar-refractivity contribution < 1.29 is 4.79 Å². The van der Waals surface area contributed by atoms with Crippen molar-refractivity contribution in [2.75, 3.05) is 6.54 Å². The summed E-state index contributed by atoms with van der Waals surface area (Å²) < 4.78 is 0. The second-order valence-electron chi connectivity index (χ2n) is 4.80. The van der Waals surface area contributed by atoms with Crippen molar-refractivity contribution in [1.29, 1.82) is 0 Å². The topological polar surface area (TPSA) is 55.1 Å². The summed E-state index contributed by atoms with van der Waals surface area (Å²) in [5.74, 6) is -0.249. The van der Waals surface area contributed by atoms with Crippen LogP contribution in [0.25, 0.3) is 0 Å². The Kier molecular flexibility index (Phi) is 6.06. The van der Waals surface area contributed by atoms with E-state index in [-0.39, 0.29) is 11.6 Å². The third kappa shape index (κ3) is 7.00. The summed E-state index contributed by atoms with van der Waals surface area (Å²) in [6.45, 7) is 10.7. The SMILES string of the molecule is C=C(N)C(=O)NCCC(C)(C)CCCC. The molecule has 15 heavy (non-hydrogen) atoms. The molecule has 3 heteroatoms. The quantitative estimate of drug-likeness (QED) is 0.635. The van der Waals surface area contributed by atoms with Crippen molar-refractivity contribution >= 4 is 5.91 Å². The van der Waals surface area contributed by atoms with Crippen LogP contribution in [0.4, 0.5) is 0 Å². The zero-order valence-corrected chi connectivity index (χ0v) is 10.2. The first-order chi connectivity index (χ1) is 6.89. The van der Waals surface area contributed by atoms with Gasteiger partial charge in [-0.25, -0.2) is 0 Å². The highest BCUT2D eigenvalue weighted by Crippen LogP contribution is 2.26. The summed E-state index contributed by atoms with van der Waals surface area (Å²) in [5, 5.41) is 2.75. The van der Waals surface area contributed by atoms with Crippen molar-refractivity contribution in [3.05, 3.63) is 12.3 Å². The molecule has 0 saturated heterocycles. The Morgan fingerprint density at radius 2 is 2.00 bits per heavy atom. The lowest BCUT2D eigenvalue weighted by Gasteiger charge is -2.24. The zero-order valence-electron chi connectivity index (χ0n) is 10.2. The monoisotopic (exact) mass is 212 g/mol. The third-order valence-corrected chi connectivity index (χ3v) is 2.59. The van der Waals surface area contributed by atoms with Crippen LogP contribution < -0.4 is 11.1 Å². The molecule has 0 saturated carbocycles. The van der Waals surface area contributed by atoms with Crippen molar-refractivity contribution in [3.8, 4) is 0 Å². The lowest BCUT2D eigenvalue weighted by molar-refractivity contribution is -0.117. The van der Waals surface area contributed by atoms with E-state index in [1.807, 2.05) is 0 Å². The van der Waals surface area contributed by atoms with Crippen molar-refractivity contribution in [2.24, 2.45) is 11.1 Å². The first-order valence-corrected chi connectivity index (χ1v) is 5.61. The van der Waals surface area contributed by atoms with E-state index in [0.29, 0.717) is 12.0 Å². The Morgan fingerprint density at radius 1 is 1.40 bits per heavy atom. The van der Waals surface area contributed by atoms with Crippen LogP contribution in [0.5, 0.6) is 0 Å². The van der Waals surface area contributed by atoms with Gasteiger partial charge in [0, 0.05) is 6.54 Å². The summed E-state index contributed by atoms with van der Waals surface area (Å²) in [7, 11) is 0. The van der Waals surface area contributed by atoms with Crippen molar-refractivity contribution in [3.63, 3.8) is 0 Å². The van der Waals surface area contributed by atoms with Crippen molar-refractivity contribution in [1.82, 2.24) is 5.32 Å². The van der Waals surface area contributed by atoms with Gasteiger partial charge in [-0.3, -0.25) is 4.79 Å². The molecule has 0 unspecified atom stereocenters. The van der Waals surface area contributed by atoms with E-state index in [1.165, 1.54) is 19.3 Å². The van der Waals surface area contributed by atoms with Crippen LogP contribution in [0, 0.1) is 5.41 Å². The zero-order chi connectivity index (χ0) is 11.9. The molecule has 0 bridgehead atoms. The molecule has 0 rings (SSSR count). The minimum absolute atomic E-state index is 0.0846. The van der Waals surface area contributed by atoms with Crippen LogP contribution in [-0.2, 0) is 4.79 Å². The molecule has 0 aliphatic carbocycles. The molecule has 0 aromatic carbocycles. The fraction of sp³-hybridized carbons (Fsp3) is 0.750. The molecule has 1 amide bonds. The van der Waals surface area contributed by atoms with Gasteiger partial charge in [0.1, 0.15) is 0 Å². The summed E-state index contributed by atoms with van der Waals surface area (Å²) in [4.78, 5) is 11.1. The predicted molar refractivity (Wildman–Crippen MR) is 64.3 cm³/mol. The maximum atomic E-state index is 11.1. The number of hydrogen-bond donors (Lipinski definition) is 2. The Bertz CT molecular complexity index is 222. The number of nitrogens with two attached hydrogens (primary N) is 1. The number of unbranched alkanes of at least 4 members (excludes halogenated alkanes) is 1. The van der Waals surface area contributed by atoms with Crippen LogP contribution in [0.1, 0.15) is 46.5 Å². The maximum Gasteiger partial charge on any atom is 0.266 e. The van der Waals surface area contributed by atoms with Gasteiger partial charge in [-0.05, 0) is 18.3 Å². The normalized spacial score (nSPS) is 11.1. The Balaban J connectivity index is 3.74.